The molecule has 230 valence electrons. The van der Waals surface area contributed by atoms with Gasteiger partial charge < -0.3 is 14.8 Å². The molecule has 4 aromatic rings. The number of rotatable bonds is 8. The number of esters is 1. The number of thioether (sulfide) groups is 1. The van der Waals surface area contributed by atoms with E-state index in [9.17, 15) is 24.0 Å². The second kappa shape index (κ2) is 12.5. The summed E-state index contributed by atoms with van der Waals surface area (Å²) in [6.07, 6.45) is 0. The number of methoxy groups -OCH3 is 1. The summed E-state index contributed by atoms with van der Waals surface area (Å²) in [4.78, 5) is 67.7. The predicted octanol–water partition coefficient (Wildman–Crippen LogP) is 5.18. The van der Waals surface area contributed by atoms with Crippen LogP contribution in [-0.4, -0.2) is 47.2 Å². The van der Waals surface area contributed by atoms with Gasteiger partial charge in [-0.15, -0.1) is 0 Å². The molecule has 45 heavy (non-hydrogen) atoms. The lowest BCUT2D eigenvalue weighted by Gasteiger charge is -2.30. The van der Waals surface area contributed by atoms with E-state index in [4.69, 9.17) is 21.1 Å². The van der Waals surface area contributed by atoms with E-state index in [1.165, 1.54) is 28.7 Å². The summed E-state index contributed by atoms with van der Waals surface area (Å²) in [5.74, 6) is -2.52. The van der Waals surface area contributed by atoms with Gasteiger partial charge in [-0.05, 0) is 73.2 Å². The maximum Gasteiger partial charge on any atom is 0.338 e. The van der Waals surface area contributed by atoms with Gasteiger partial charge in [-0.1, -0.05) is 46.8 Å². The van der Waals surface area contributed by atoms with Crippen LogP contribution in [0.5, 0.6) is 5.75 Å². The second-order valence-electron chi connectivity index (χ2n) is 10.3. The number of imide groups is 1. The van der Waals surface area contributed by atoms with Crippen molar-refractivity contribution in [1.29, 1.82) is 0 Å². The van der Waals surface area contributed by atoms with Crippen LogP contribution in [0.2, 0.25) is 5.02 Å². The number of ether oxygens (including phenoxy) is 2. The third-order valence-electron chi connectivity index (χ3n) is 7.59. The van der Waals surface area contributed by atoms with Gasteiger partial charge in [0.15, 0.2) is 0 Å². The summed E-state index contributed by atoms with van der Waals surface area (Å²) >= 11 is 8.26. The normalized spacial score (nSPS) is 18.7. The fourth-order valence-electron chi connectivity index (χ4n) is 5.52. The molecule has 0 bridgehead atoms. The number of nitrogens with one attached hydrogen (secondary N) is 1. The van der Waals surface area contributed by atoms with Crippen LogP contribution in [-0.2, 0) is 25.7 Å². The van der Waals surface area contributed by atoms with Crippen LogP contribution in [0.25, 0.3) is 0 Å². The first kappa shape index (κ1) is 30.6. The average Bonchev–Trinajstić information content (AvgIpc) is 3.48. The molecule has 2 aliphatic heterocycles. The Morgan fingerprint density at radius 3 is 2.27 bits per heavy atom. The molecule has 0 radical (unpaired) electrons. The van der Waals surface area contributed by atoms with Crippen LogP contribution < -0.4 is 19.8 Å². The molecule has 0 aliphatic carbocycles. The summed E-state index contributed by atoms with van der Waals surface area (Å²) in [5.41, 5.74) is 1.93. The van der Waals surface area contributed by atoms with Crippen molar-refractivity contribution in [1.82, 2.24) is 4.57 Å². The first-order valence-electron chi connectivity index (χ1n) is 13.9. The van der Waals surface area contributed by atoms with Crippen molar-refractivity contribution < 1.29 is 28.7 Å². The summed E-state index contributed by atoms with van der Waals surface area (Å²) in [7, 11) is 1.53. The zero-order valence-corrected chi connectivity index (χ0v) is 26.4. The fraction of sp³-hybridized carbons (Fsp3) is 0.219. The van der Waals surface area contributed by atoms with E-state index < -0.39 is 34.9 Å². The highest BCUT2D eigenvalue weighted by molar-refractivity contribution is 8.00. The van der Waals surface area contributed by atoms with Crippen LogP contribution in [0.4, 0.5) is 11.4 Å². The summed E-state index contributed by atoms with van der Waals surface area (Å²) in [5, 5.41) is 2.90. The zero-order valence-electron chi connectivity index (χ0n) is 24.0. The third-order valence-corrected chi connectivity index (χ3v) is 10.4. The maximum absolute atomic E-state index is 14.0. The molecule has 0 saturated carbocycles. The lowest BCUT2D eigenvalue weighted by atomic mass is 9.83. The van der Waals surface area contributed by atoms with E-state index >= 15 is 0 Å². The Morgan fingerprint density at radius 2 is 1.62 bits per heavy atom. The fourth-order valence-corrected chi connectivity index (χ4v) is 8.42. The minimum absolute atomic E-state index is 0.245. The highest BCUT2D eigenvalue weighted by atomic mass is 35.5. The quantitative estimate of drug-likeness (QED) is 0.202. The van der Waals surface area contributed by atoms with E-state index in [0.717, 1.165) is 28.7 Å². The van der Waals surface area contributed by atoms with Crippen molar-refractivity contribution in [2.24, 2.45) is 5.92 Å². The molecule has 2 aliphatic rings. The minimum atomic E-state index is -0.827. The summed E-state index contributed by atoms with van der Waals surface area (Å²) in [6, 6.07) is 19.9. The zero-order chi connectivity index (χ0) is 31.8. The average molecular weight is 664 g/mol. The van der Waals surface area contributed by atoms with Gasteiger partial charge in [0.1, 0.15) is 17.5 Å². The number of nitrogens with zero attached hydrogens (tertiary/aromatic N) is 2. The van der Waals surface area contributed by atoms with Gasteiger partial charge in [0.25, 0.3) is 0 Å². The van der Waals surface area contributed by atoms with Gasteiger partial charge in [0, 0.05) is 21.5 Å². The summed E-state index contributed by atoms with van der Waals surface area (Å²) in [6.45, 7) is 1.65. The molecule has 6 rings (SSSR count). The van der Waals surface area contributed by atoms with Crippen LogP contribution >= 0.6 is 34.7 Å². The van der Waals surface area contributed by atoms with Gasteiger partial charge in [-0.3, -0.25) is 23.7 Å². The number of fused-ring (bicyclic) bond motifs is 2. The van der Waals surface area contributed by atoms with E-state index in [2.05, 4.69) is 5.32 Å². The molecular formula is C32H26ClN3O7S2. The highest BCUT2D eigenvalue weighted by Gasteiger charge is 2.56. The minimum Gasteiger partial charge on any atom is -0.497 e. The molecule has 1 fully saturated rings. The molecule has 3 amide bonds. The molecule has 0 unspecified atom stereocenters. The van der Waals surface area contributed by atoms with Crippen molar-refractivity contribution in [2.45, 2.75) is 29.7 Å². The van der Waals surface area contributed by atoms with Gasteiger partial charge in [-0.2, -0.15) is 0 Å². The number of carbonyl (C=O) groups is 4. The molecule has 0 spiro atoms. The number of carbonyl (C=O) groups excluding carboxylic acids is 4. The van der Waals surface area contributed by atoms with Crippen molar-refractivity contribution in [3.05, 3.63) is 103 Å². The number of aromatic nitrogens is 1. The number of hydrogen-bond donors (Lipinski definition) is 1. The maximum atomic E-state index is 14.0. The van der Waals surface area contributed by atoms with E-state index in [-0.39, 0.29) is 23.9 Å². The van der Waals surface area contributed by atoms with Crippen molar-refractivity contribution in [3.8, 4) is 5.75 Å². The van der Waals surface area contributed by atoms with E-state index in [1.54, 1.807) is 67.6 Å². The van der Waals surface area contributed by atoms with Crippen LogP contribution in [0.1, 0.15) is 33.6 Å². The van der Waals surface area contributed by atoms with Crippen molar-refractivity contribution in [3.63, 3.8) is 0 Å². The smallest absolute Gasteiger partial charge is 0.338 e. The Hall–Kier alpha value is -4.39. The second-order valence-corrected chi connectivity index (χ2v) is 12.8. The molecule has 13 heteroatoms. The molecule has 3 heterocycles. The number of anilines is 2. The van der Waals surface area contributed by atoms with Gasteiger partial charge >= 0.3 is 10.8 Å². The first-order valence-corrected chi connectivity index (χ1v) is 16.0. The molecule has 1 aromatic heterocycles. The predicted molar refractivity (Wildman–Crippen MR) is 172 cm³/mol. The molecule has 1 N–H and O–H groups in total. The Balaban J connectivity index is 1.33. The van der Waals surface area contributed by atoms with E-state index in [1.807, 2.05) is 0 Å². The van der Waals surface area contributed by atoms with Crippen LogP contribution in [0.3, 0.4) is 0 Å². The molecular weight excluding hydrogens is 638 g/mol. The van der Waals surface area contributed by atoms with Crippen LogP contribution in [0, 0.1) is 5.92 Å². The molecule has 1 saturated heterocycles. The number of hydrogen-bond acceptors (Lipinski definition) is 9. The van der Waals surface area contributed by atoms with Crippen molar-refractivity contribution >= 4 is 69.8 Å². The molecule has 3 atom stereocenters. The topological polar surface area (TPSA) is 124 Å². The molecule has 10 nitrogen and oxygen atoms in total. The number of thiazole rings is 1. The SMILES string of the molecule is CCOC(=O)c1ccc(NC(=O)Cn2c3c(sc2=O)[C@@H](c2ccc(Cl)cc2)[C@@H]2C(=O)N(c4ccc(OC)cc4)C(=O)[C@@H]2S3)cc1. The standard InChI is InChI=1S/C32H26ClN3O7S2/c1-3-43-31(40)18-6-10-20(11-7-18)34-23(37)16-35-30-27(45-32(35)41)24(17-4-8-19(33)9-5-17)25-26(44-30)29(39)36(28(25)38)21-12-14-22(42-2)15-13-21/h4-15,24-26H,3,16H2,1-2H3,(H,34,37)/t24-,25-,26+/m0/s1. The lowest BCUT2D eigenvalue weighted by molar-refractivity contribution is -0.122. The monoisotopic (exact) mass is 663 g/mol. The largest absolute Gasteiger partial charge is 0.497 e. The Kier molecular flexibility index (Phi) is 8.54. The third kappa shape index (κ3) is 5.76. The Bertz CT molecular complexity index is 1850. The Morgan fingerprint density at radius 1 is 0.933 bits per heavy atom. The van der Waals surface area contributed by atoms with Gasteiger partial charge in [0.05, 0.1) is 35.9 Å². The lowest BCUT2D eigenvalue weighted by Crippen LogP contribution is -2.33. The highest BCUT2D eigenvalue weighted by Crippen LogP contribution is 2.54. The number of benzene rings is 3. The van der Waals surface area contributed by atoms with Gasteiger partial charge in [-0.25, -0.2) is 9.69 Å². The van der Waals surface area contributed by atoms with Crippen LogP contribution in [0.15, 0.2) is 82.6 Å². The summed E-state index contributed by atoms with van der Waals surface area (Å²) < 4.78 is 11.6. The van der Waals surface area contributed by atoms with Gasteiger partial charge in [0.2, 0.25) is 17.7 Å². The Labute approximate surface area is 270 Å². The first-order chi connectivity index (χ1) is 21.7. The van der Waals surface area contributed by atoms with E-state index in [0.29, 0.717) is 37.6 Å². The van der Waals surface area contributed by atoms with Crippen molar-refractivity contribution in [2.75, 3.05) is 23.9 Å². The number of halogens is 1. The number of amides is 3. The molecule has 3 aromatic carbocycles.